The number of non-ortho nitro benzene ring substituents is 1. The lowest BCUT2D eigenvalue weighted by Crippen LogP contribution is -1.90. The van der Waals surface area contributed by atoms with Crippen molar-refractivity contribution in [1.29, 1.82) is 0 Å². The largest absolute Gasteiger partial charge is 0.507 e. The van der Waals surface area contributed by atoms with Crippen LogP contribution in [0.5, 0.6) is 5.75 Å². The Morgan fingerprint density at radius 2 is 2.00 bits per heavy atom. The zero-order valence-electron chi connectivity index (χ0n) is 12.7. The molecule has 0 saturated carbocycles. The SMILES string of the molecule is Cc1nc(-c2ccc(N=Cc3cc([N+](=O)[O-])ccc3O)cc2)cs1. The summed E-state index contributed by atoms with van der Waals surface area (Å²) in [6.45, 7) is 1.96. The van der Waals surface area contributed by atoms with Gasteiger partial charge in [-0.2, -0.15) is 0 Å². The Hall–Kier alpha value is -3.06. The highest BCUT2D eigenvalue weighted by atomic mass is 32.1. The fraction of sp³-hybridized carbons (Fsp3) is 0.0588. The molecule has 1 aromatic heterocycles. The number of aliphatic imine (C=N–C) groups is 1. The molecule has 24 heavy (non-hydrogen) atoms. The van der Waals surface area contributed by atoms with Crippen molar-refractivity contribution in [3.05, 3.63) is 68.5 Å². The molecule has 0 aliphatic carbocycles. The van der Waals surface area contributed by atoms with Crippen molar-refractivity contribution < 1.29 is 10.0 Å². The number of nitro benzene ring substituents is 1. The molecule has 0 saturated heterocycles. The number of hydrogen-bond donors (Lipinski definition) is 1. The van der Waals surface area contributed by atoms with E-state index in [1.807, 2.05) is 36.6 Å². The Kier molecular flexibility index (Phi) is 4.35. The molecule has 3 aromatic rings. The number of aromatic hydroxyl groups is 1. The highest BCUT2D eigenvalue weighted by molar-refractivity contribution is 7.09. The van der Waals surface area contributed by atoms with Crippen LogP contribution in [0.1, 0.15) is 10.6 Å². The van der Waals surface area contributed by atoms with E-state index < -0.39 is 4.92 Å². The fourth-order valence-corrected chi connectivity index (χ4v) is 2.74. The maximum Gasteiger partial charge on any atom is 0.270 e. The molecule has 0 bridgehead atoms. The van der Waals surface area contributed by atoms with Gasteiger partial charge in [0, 0.05) is 34.9 Å². The van der Waals surface area contributed by atoms with Gasteiger partial charge >= 0.3 is 0 Å². The normalized spacial score (nSPS) is 11.0. The Bertz CT molecular complexity index is 917. The fourth-order valence-electron chi connectivity index (χ4n) is 2.12. The minimum atomic E-state index is -0.512. The molecule has 0 radical (unpaired) electrons. The first-order chi connectivity index (χ1) is 11.5. The molecule has 0 unspecified atom stereocenters. The first kappa shape index (κ1) is 15.8. The van der Waals surface area contributed by atoms with Gasteiger partial charge in [-0.05, 0) is 25.1 Å². The van der Waals surface area contributed by atoms with Gasteiger partial charge in [-0.25, -0.2) is 4.98 Å². The zero-order valence-corrected chi connectivity index (χ0v) is 13.5. The van der Waals surface area contributed by atoms with E-state index in [9.17, 15) is 15.2 Å². The smallest absolute Gasteiger partial charge is 0.270 e. The van der Waals surface area contributed by atoms with Gasteiger partial charge in [-0.3, -0.25) is 15.1 Å². The lowest BCUT2D eigenvalue weighted by atomic mass is 10.1. The lowest BCUT2D eigenvalue weighted by Gasteiger charge is -2.00. The summed E-state index contributed by atoms with van der Waals surface area (Å²) in [6, 6.07) is 11.3. The first-order valence-corrected chi connectivity index (χ1v) is 7.95. The number of benzene rings is 2. The number of thiazole rings is 1. The Morgan fingerprint density at radius 3 is 2.62 bits per heavy atom. The average molecular weight is 339 g/mol. The van der Waals surface area contributed by atoms with Gasteiger partial charge in [0.1, 0.15) is 5.75 Å². The zero-order chi connectivity index (χ0) is 17.1. The van der Waals surface area contributed by atoms with Crippen LogP contribution in [0.4, 0.5) is 11.4 Å². The van der Waals surface area contributed by atoms with E-state index in [4.69, 9.17) is 0 Å². The van der Waals surface area contributed by atoms with Crippen LogP contribution in [0.3, 0.4) is 0 Å². The topological polar surface area (TPSA) is 88.6 Å². The molecule has 1 N–H and O–H groups in total. The molecule has 0 aliphatic heterocycles. The number of phenolic OH excluding ortho intramolecular Hbond substituents is 1. The summed E-state index contributed by atoms with van der Waals surface area (Å²) in [6.07, 6.45) is 1.41. The average Bonchev–Trinajstić information content (AvgIpc) is 3.01. The molecule has 2 aromatic carbocycles. The second-order valence-electron chi connectivity index (χ2n) is 5.06. The van der Waals surface area contributed by atoms with Crippen LogP contribution in [-0.2, 0) is 0 Å². The van der Waals surface area contributed by atoms with E-state index in [-0.39, 0.29) is 11.4 Å². The summed E-state index contributed by atoms with van der Waals surface area (Å²) in [5, 5.41) is 23.6. The minimum absolute atomic E-state index is 0.0566. The van der Waals surface area contributed by atoms with E-state index >= 15 is 0 Å². The van der Waals surface area contributed by atoms with Crippen LogP contribution in [0.25, 0.3) is 11.3 Å². The summed E-state index contributed by atoms with van der Waals surface area (Å²) in [5.41, 5.74) is 2.80. The predicted molar refractivity (Wildman–Crippen MR) is 94.3 cm³/mol. The molecule has 0 amide bonds. The number of rotatable bonds is 4. The van der Waals surface area contributed by atoms with Crippen molar-refractivity contribution in [2.75, 3.05) is 0 Å². The molecule has 3 rings (SSSR count). The van der Waals surface area contributed by atoms with Crippen LogP contribution >= 0.6 is 11.3 Å². The monoisotopic (exact) mass is 339 g/mol. The summed E-state index contributed by atoms with van der Waals surface area (Å²) in [4.78, 5) is 19.0. The van der Waals surface area contributed by atoms with Crippen LogP contribution in [0, 0.1) is 17.0 Å². The third kappa shape index (κ3) is 3.47. The lowest BCUT2D eigenvalue weighted by molar-refractivity contribution is -0.384. The molecule has 0 spiro atoms. The maximum atomic E-state index is 10.8. The van der Waals surface area contributed by atoms with Crippen molar-refractivity contribution in [3.63, 3.8) is 0 Å². The number of aromatic nitrogens is 1. The molecular formula is C17H13N3O3S. The standard InChI is InChI=1S/C17H13N3O3S/c1-11-19-16(10-24-11)12-2-4-14(5-3-12)18-9-13-8-15(20(22)23)6-7-17(13)21/h2-10,21H,1H3. The van der Waals surface area contributed by atoms with Crippen LogP contribution < -0.4 is 0 Å². The highest BCUT2D eigenvalue weighted by Gasteiger charge is 2.08. The van der Waals surface area contributed by atoms with Crippen molar-refractivity contribution in [1.82, 2.24) is 4.98 Å². The second-order valence-corrected chi connectivity index (χ2v) is 6.12. The Labute approximate surface area is 141 Å². The van der Waals surface area contributed by atoms with Crippen molar-refractivity contribution in [2.45, 2.75) is 6.92 Å². The summed E-state index contributed by atoms with van der Waals surface area (Å²) < 4.78 is 0. The Balaban J connectivity index is 1.82. The molecule has 1 heterocycles. The summed E-state index contributed by atoms with van der Waals surface area (Å²) in [5.74, 6) is -0.0566. The van der Waals surface area contributed by atoms with Gasteiger partial charge in [0.2, 0.25) is 0 Å². The van der Waals surface area contributed by atoms with Gasteiger partial charge in [-0.1, -0.05) is 12.1 Å². The van der Waals surface area contributed by atoms with E-state index in [1.165, 1.54) is 24.4 Å². The van der Waals surface area contributed by atoms with Gasteiger partial charge in [0.25, 0.3) is 5.69 Å². The van der Waals surface area contributed by atoms with Gasteiger partial charge < -0.3 is 5.11 Å². The molecule has 6 nitrogen and oxygen atoms in total. The molecule has 0 atom stereocenters. The number of phenols is 1. The third-order valence-electron chi connectivity index (χ3n) is 3.36. The van der Waals surface area contributed by atoms with Crippen LogP contribution in [0.2, 0.25) is 0 Å². The number of nitro groups is 1. The van der Waals surface area contributed by atoms with Crippen molar-refractivity contribution in [3.8, 4) is 17.0 Å². The number of nitrogens with zero attached hydrogens (tertiary/aromatic N) is 3. The molecule has 0 aliphatic rings. The first-order valence-electron chi connectivity index (χ1n) is 7.07. The summed E-state index contributed by atoms with van der Waals surface area (Å²) in [7, 11) is 0. The van der Waals surface area contributed by atoms with Crippen molar-refractivity contribution >= 4 is 28.9 Å². The van der Waals surface area contributed by atoms with E-state index in [1.54, 1.807) is 11.3 Å². The highest BCUT2D eigenvalue weighted by Crippen LogP contribution is 2.25. The van der Waals surface area contributed by atoms with Gasteiger partial charge in [0.15, 0.2) is 0 Å². The number of hydrogen-bond acceptors (Lipinski definition) is 6. The van der Waals surface area contributed by atoms with E-state index in [0.717, 1.165) is 16.3 Å². The second kappa shape index (κ2) is 6.59. The number of aryl methyl sites for hydroxylation is 1. The van der Waals surface area contributed by atoms with Gasteiger partial charge in [-0.15, -0.1) is 11.3 Å². The van der Waals surface area contributed by atoms with Crippen LogP contribution in [-0.4, -0.2) is 21.2 Å². The Morgan fingerprint density at radius 1 is 1.25 bits per heavy atom. The van der Waals surface area contributed by atoms with E-state index in [2.05, 4.69) is 9.98 Å². The molecule has 120 valence electrons. The predicted octanol–water partition coefficient (Wildman–Crippen LogP) is 4.48. The third-order valence-corrected chi connectivity index (χ3v) is 4.13. The summed E-state index contributed by atoms with van der Waals surface area (Å²) >= 11 is 1.59. The molecule has 7 heteroatoms. The van der Waals surface area contributed by atoms with Crippen LogP contribution in [0.15, 0.2) is 52.8 Å². The minimum Gasteiger partial charge on any atom is -0.507 e. The van der Waals surface area contributed by atoms with Gasteiger partial charge in [0.05, 0.1) is 21.3 Å². The molecule has 0 fully saturated rings. The quantitative estimate of drug-likeness (QED) is 0.431. The maximum absolute atomic E-state index is 10.8. The van der Waals surface area contributed by atoms with E-state index in [0.29, 0.717) is 11.3 Å². The molecular weight excluding hydrogens is 326 g/mol. The van der Waals surface area contributed by atoms with Crippen molar-refractivity contribution in [2.24, 2.45) is 4.99 Å².